The third-order valence-corrected chi connectivity index (χ3v) is 4.07. The topological polar surface area (TPSA) is 89.7 Å². The van der Waals surface area contributed by atoms with Crippen molar-refractivity contribution in [2.75, 3.05) is 5.32 Å². The number of aryl methyl sites for hydroxylation is 2. The van der Waals surface area contributed by atoms with Gasteiger partial charge in [-0.1, -0.05) is 12.1 Å². The molecule has 3 rings (SSSR count). The predicted molar refractivity (Wildman–Crippen MR) is 94.6 cm³/mol. The summed E-state index contributed by atoms with van der Waals surface area (Å²) in [5.41, 5.74) is 4.46. The first-order valence-electron chi connectivity index (χ1n) is 8.12. The number of hydrogen-bond acceptors (Lipinski definition) is 4. The average Bonchev–Trinajstić information content (AvgIpc) is 3.22. The SMILES string of the molecule is CCn1nc(C)c(CNC(=O)Nc2ccccc2-n2cncn2)c1C. The van der Waals surface area contributed by atoms with Gasteiger partial charge in [-0.25, -0.2) is 14.5 Å². The maximum absolute atomic E-state index is 12.3. The summed E-state index contributed by atoms with van der Waals surface area (Å²) in [4.78, 5) is 16.3. The lowest BCUT2D eigenvalue weighted by atomic mass is 10.2. The van der Waals surface area contributed by atoms with Crippen LogP contribution >= 0.6 is 0 Å². The lowest BCUT2D eigenvalue weighted by Crippen LogP contribution is -2.29. The molecular formula is C17H21N7O. The second-order valence-electron chi connectivity index (χ2n) is 5.63. The fourth-order valence-corrected chi connectivity index (χ4v) is 2.74. The van der Waals surface area contributed by atoms with Gasteiger partial charge in [0.15, 0.2) is 0 Å². The Balaban J connectivity index is 1.69. The van der Waals surface area contributed by atoms with E-state index in [1.54, 1.807) is 11.0 Å². The van der Waals surface area contributed by atoms with Crippen molar-refractivity contribution in [2.45, 2.75) is 33.9 Å². The van der Waals surface area contributed by atoms with Crippen LogP contribution in [0.2, 0.25) is 0 Å². The molecule has 0 atom stereocenters. The summed E-state index contributed by atoms with van der Waals surface area (Å²) in [5.74, 6) is 0. The monoisotopic (exact) mass is 339 g/mol. The molecule has 0 saturated heterocycles. The van der Waals surface area contributed by atoms with Crippen molar-refractivity contribution >= 4 is 11.7 Å². The number of aromatic nitrogens is 5. The Morgan fingerprint density at radius 3 is 2.72 bits per heavy atom. The number of rotatable bonds is 5. The molecule has 25 heavy (non-hydrogen) atoms. The minimum atomic E-state index is -0.282. The van der Waals surface area contributed by atoms with Gasteiger partial charge in [0.05, 0.1) is 17.1 Å². The van der Waals surface area contributed by atoms with Crippen LogP contribution in [0.1, 0.15) is 23.9 Å². The first kappa shape index (κ1) is 16.7. The molecule has 2 N–H and O–H groups in total. The Bertz CT molecular complexity index is 867. The van der Waals surface area contributed by atoms with Crippen molar-refractivity contribution in [3.8, 4) is 5.69 Å². The Hall–Kier alpha value is -3.16. The molecule has 0 aliphatic carbocycles. The smallest absolute Gasteiger partial charge is 0.319 e. The molecule has 0 fully saturated rings. The van der Waals surface area contributed by atoms with Crippen LogP contribution in [0.3, 0.4) is 0 Å². The highest BCUT2D eigenvalue weighted by Crippen LogP contribution is 2.18. The maximum atomic E-state index is 12.3. The summed E-state index contributed by atoms with van der Waals surface area (Å²) in [6.45, 7) is 7.25. The number of amides is 2. The average molecular weight is 339 g/mol. The molecule has 1 aromatic carbocycles. The molecule has 2 aromatic heterocycles. The Morgan fingerprint density at radius 1 is 1.24 bits per heavy atom. The van der Waals surface area contributed by atoms with E-state index in [2.05, 4.69) is 25.8 Å². The normalized spacial score (nSPS) is 10.7. The Morgan fingerprint density at radius 2 is 2.04 bits per heavy atom. The number of nitrogens with one attached hydrogen (secondary N) is 2. The highest BCUT2D eigenvalue weighted by atomic mass is 16.2. The molecule has 0 saturated carbocycles. The largest absolute Gasteiger partial charge is 0.334 e. The zero-order valence-corrected chi connectivity index (χ0v) is 14.5. The second-order valence-corrected chi connectivity index (χ2v) is 5.63. The first-order valence-corrected chi connectivity index (χ1v) is 8.12. The van der Waals surface area contributed by atoms with Crippen molar-refractivity contribution in [3.63, 3.8) is 0 Å². The van der Waals surface area contributed by atoms with Crippen LogP contribution in [0.15, 0.2) is 36.9 Å². The van der Waals surface area contributed by atoms with Crippen molar-refractivity contribution < 1.29 is 4.79 Å². The first-order chi connectivity index (χ1) is 12.1. The van der Waals surface area contributed by atoms with Gasteiger partial charge in [0.2, 0.25) is 0 Å². The number of anilines is 1. The summed E-state index contributed by atoms with van der Waals surface area (Å²) < 4.78 is 3.54. The van der Waals surface area contributed by atoms with Gasteiger partial charge < -0.3 is 10.6 Å². The standard InChI is InChI=1S/C17H21N7O/c1-4-23-13(3)14(12(2)22-23)9-19-17(25)21-15-7-5-6-8-16(15)24-11-18-10-20-24/h5-8,10-11H,4,9H2,1-3H3,(H2,19,21,25). The van der Waals surface area contributed by atoms with Gasteiger partial charge in [-0.3, -0.25) is 4.68 Å². The van der Waals surface area contributed by atoms with Crippen LogP contribution in [-0.4, -0.2) is 30.6 Å². The number of para-hydroxylation sites is 2. The maximum Gasteiger partial charge on any atom is 0.319 e. The second kappa shape index (κ2) is 7.16. The van der Waals surface area contributed by atoms with E-state index >= 15 is 0 Å². The zero-order chi connectivity index (χ0) is 17.8. The molecule has 2 amide bonds. The fraction of sp³-hybridized carbons (Fsp3) is 0.294. The lowest BCUT2D eigenvalue weighted by molar-refractivity contribution is 0.251. The van der Waals surface area contributed by atoms with E-state index in [0.29, 0.717) is 12.2 Å². The van der Waals surface area contributed by atoms with E-state index in [-0.39, 0.29) is 6.03 Å². The van der Waals surface area contributed by atoms with E-state index in [0.717, 1.165) is 29.2 Å². The van der Waals surface area contributed by atoms with E-state index < -0.39 is 0 Å². The lowest BCUT2D eigenvalue weighted by Gasteiger charge is -2.12. The number of hydrogen-bond donors (Lipinski definition) is 2. The van der Waals surface area contributed by atoms with E-state index in [4.69, 9.17) is 0 Å². The molecular weight excluding hydrogens is 318 g/mol. The summed E-state index contributed by atoms with van der Waals surface area (Å²) in [6.07, 6.45) is 3.04. The van der Waals surface area contributed by atoms with Gasteiger partial charge in [0.25, 0.3) is 0 Å². The summed E-state index contributed by atoms with van der Waals surface area (Å²) >= 11 is 0. The van der Waals surface area contributed by atoms with Crippen LogP contribution in [0.5, 0.6) is 0 Å². The molecule has 0 unspecified atom stereocenters. The third-order valence-electron chi connectivity index (χ3n) is 4.07. The van der Waals surface area contributed by atoms with Crippen LogP contribution in [-0.2, 0) is 13.1 Å². The van der Waals surface area contributed by atoms with Gasteiger partial charge >= 0.3 is 6.03 Å². The fourth-order valence-electron chi connectivity index (χ4n) is 2.74. The number of carbonyl (C=O) groups excluding carboxylic acids is 1. The van der Waals surface area contributed by atoms with Crippen molar-refractivity contribution in [2.24, 2.45) is 0 Å². The molecule has 8 nitrogen and oxygen atoms in total. The van der Waals surface area contributed by atoms with Gasteiger partial charge in [-0.15, -0.1) is 0 Å². The summed E-state index contributed by atoms with van der Waals surface area (Å²) in [6, 6.07) is 7.14. The molecule has 0 radical (unpaired) electrons. The number of carbonyl (C=O) groups is 1. The van der Waals surface area contributed by atoms with Crippen molar-refractivity contribution in [1.29, 1.82) is 0 Å². The molecule has 8 heteroatoms. The van der Waals surface area contributed by atoms with Gasteiger partial charge in [0, 0.05) is 24.3 Å². The van der Waals surface area contributed by atoms with Crippen LogP contribution < -0.4 is 10.6 Å². The van der Waals surface area contributed by atoms with Gasteiger partial charge in [0.1, 0.15) is 12.7 Å². The van der Waals surface area contributed by atoms with Gasteiger partial charge in [-0.05, 0) is 32.9 Å². The van der Waals surface area contributed by atoms with Crippen molar-refractivity contribution in [3.05, 3.63) is 53.9 Å². The number of benzene rings is 1. The van der Waals surface area contributed by atoms with Gasteiger partial charge in [-0.2, -0.15) is 10.2 Å². The van der Waals surface area contributed by atoms with E-state index in [1.807, 2.05) is 49.7 Å². The van der Waals surface area contributed by atoms with Crippen LogP contribution in [0.25, 0.3) is 5.69 Å². The van der Waals surface area contributed by atoms with Crippen LogP contribution in [0.4, 0.5) is 10.5 Å². The molecule has 0 spiro atoms. The Kier molecular flexibility index (Phi) is 4.78. The summed E-state index contributed by atoms with van der Waals surface area (Å²) in [5, 5.41) is 14.3. The molecule has 2 heterocycles. The predicted octanol–water partition coefficient (Wildman–Crippen LogP) is 2.42. The highest BCUT2D eigenvalue weighted by molar-refractivity contribution is 5.91. The van der Waals surface area contributed by atoms with Crippen LogP contribution in [0, 0.1) is 13.8 Å². The molecule has 3 aromatic rings. The molecule has 0 aliphatic heterocycles. The van der Waals surface area contributed by atoms with E-state index in [9.17, 15) is 4.79 Å². The Labute approximate surface area is 145 Å². The highest BCUT2D eigenvalue weighted by Gasteiger charge is 2.13. The van der Waals surface area contributed by atoms with Crippen molar-refractivity contribution in [1.82, 2.24) is 29.9 Å². The molecule has 0 aliphatic rings. The minimum Gasteiger partial charge on any atom is -0.334 e. The number of urea groups is 1. The third kappa shape index (κ3) is 3.52. The zero-order valence-electron chi connectivity index (χ0n) is 14.5. The number of nitrogens with zero attached hydrogens (tertiary/aromatic N) is 5. The molecule has 130 valence electrons. The summed E-state index contributed by atoms with van der Waals surface area (Å²) in [7, 11) is 0. The van der Waals surface area contributed by atoms with E-state index in [1.165, 1.54) is 6.33 Å². The molecule has 0 bridgehead atoms. The minimum absolute atomic E-state index is 0.282. The quantitative estimate of drug-likeness (QED) is 0.747.